The Bertz CT molecular complexity index is 662. The van der Waals surface area contributed by atoms with Crippen molar-refractivity contribution < 1.29 is 38.1 Å². The first-order valence-corrected chi connectivity index (χ1v) is 9.02. The van der Waals surface area contributed by atoms with E-state index in [1.165, 1.54) is 11.0 Å². The Morgan fingerprint density at radius 2 is 2.11 bits per heavy atom. The van der Waals surface area contributed by atoms with Crippen LogP contribution in [-0.4, -0.2) is 54.6 Å². The van der Waals surface area contributed by atoms with Gasteiger partial charge in [-0.05, 0) is 25.2 Å². The van der Waals surface area contributed by atoms with Gasteiger partial charge in [-0.1, -0.05) is 19.6 Å². The van der Waals surface area contributed by atoms with Crippen LogP contribution < -0.4 is 0 Å². The Labute approximate surface area is 156 Å². The molecule has 3 fully saturated rings. The average Bonchev–Trinajstić information content (AvgIpc) is 3.12. The molecule has 3 aliphatic rings. The number of esters is 3. The van der Waals surface area contributed by atoms with Crippen LogP contribution in [0.25, 0.3) is 0 Å². The van der Waals surface area contributed by atoms with Crippen LogP contribution in [0.5, 0.6) is 0 Å². The second kappa shape index (κ2) is 7.58. The normalized spacial score (nSPS) is 30.5. The highest BCUT2D eigenvalue weighted by Gasteiger charge is 2.76. The van der Waals surface area contributed by atoms with Gasteiger partial charge in [-0.15, -0.1) is 0 Å². The lowest BCUT2D eigenvalue weighted by Gasteiger charge is -2.31. The number of hydrogen-bond donors (Lipinski definition) is 0. The summed E-state index contributed by atoms with van der Waals surface area (Å²) in [5.41, 5.74) is -1.19. The number of rotatable bonds is 7. The van der Waals surface area contributed by atoms with Gasteiger partial charge in [0.15, 0.2) is 12.3 Å². The van der Waals surface area contributed by atoms with Crippen molar-refractivity contribution in [1.82, 2.24) is 4.90 Å². The van der Waals surface area contributed by atoms with Gasteiger partial charge in [0.2, 0.25) is 6.79 Å². The molecule has 1 amide bonds. The minimum atomic E-state index is -1.19. The fourth-order valence-electron chi connectivity index (χ4n) is 4.24. The summed E-state index contributed by atoms with van der Waals surface area (Å²) in [6.07, 6.45) is 2.66. The number of amides is 1. The van der Waals surface area contributed by atoms with Crippen molar-refractivity contribution in [2.75, 3.05) is 20.1 Å². The molecule has 27 heavy (non-hydrogen) atoms. The number of cyclic esters (lactones) is 1. The zero-order valence-electron chi connectivity index (χ0n) is 15.2. The van der Waals surface area contributed by atoms with E-state index in [0.717, 1.165) is 0 Å². The van der Waals surface area contributed by atoms with Gasteiger partial charge < -0.3 is 18.9 Å². The van der Waals surface area contributed by atoms with Crippen molar-refractivity contribution in [1.29, 1.82) is 0 Å². The highest BCUT2D eigenvalue weighted by atomic mass is 16.7. The van der Waals surface area contributed by atoms with Crippen LogP contribution in [0.15, 0.2) is 12.7 Å². The van der Waals surface area contributed by atoms with E-state index in [4.69, 9.17) is 18.9 Å². The quantitative estimate of drug-likeness (QED) is 0.281. The summed E-state index contributed by atoms with van der Waals surface area (Å²) in [6, 6.07) is 0. The first-order valence-electron chi connectivity index (χ1n) is 9.02. The molecule has 0 aromatic carbocycles. The fourth-order valence-corrected chi connectivity index (χ4v) is 4.24. The number of hydrogen-bond acceptors (Lipinski definition) is 8. The Morgan fingerprint density at radius 1 is 1.33 bits per heavy atom. The van der Waals surface area contributed by atoms with Gasteiger partial charge in [-0.3, -0.25) is 14.5 Å². The molecule has 2 saturated carbocycles. The van der Waals surface area contributed by atoms with Crippen molar-refractivity contribution in [2.45, 2.75) is 38.1 Å². The molecule has 0 aromatic rings. The average molecular weight is 381 g/mol. The number of ether oxygens (including phenoxy) is 4. The molecule has 0 bridgehead atoms. The second-order valence-electron chi connectivity index (χ2n) is 6.88. The summed E-state index contributed by atoms with van der Waals surface area (Å²) in [7, 11) is 0. The molecule has 9 nitrogen and oxygen atoms in total. The molecule has 1 aliphatic heterocycles. The van der Waals surface area contributed by atoms with Crippen LogP contribution in [0.2, 0.25) is 0 Å². The van der Waals surface area contributed by atoms with E-state index in [2.05, 4.69) is 6.58 Å². The Balaban J connectivity index is 1.62. The van der Waals surface area contributed by atoms with E-state index in [1.807, 2.05) is 6.92 Å². The lowest BCUT2D eigenvalue weighted by molar-refractivity contribution is -0.169. The third-order valence-electron chi connectivity index (χ3n) is 5.43. The SMILES string of the molecule is C=CCOC(=O)N1COC(=O)[C@@]12CC[C@H]1[C@H](C(=O)OCOC(=O)CCC)[C@H]12. The van der Waals surface area contributed by atoms with Gasteiger partial charge in [-0.2, -0.15) is 0 Å². The maximum absolute atomic E-state index is 12.5. The maximum atomic E-state index is 12.5. The molecule has 0 unspecified atom stereocenters. The summed E-state index contributed by atoms with van der Waals surface area (Å²) < 4.78 is 20.0. The standard InChI is InChI=1S/C18H23NO8/c1-3-5-12(20)26-10-27-15(21)13-11-6-7-18(14(11)13)16(22)25-9-19(18)17(23)24-8-4-2/h4,11,13-14H,2-3,5-10H2,1H3/t11-,13-,14-,18-/m0/s1. The Hall–Kier alpha value is -2.58. The molecule has 2 aliphatic carbocycles. The largest absolute Gasteiger partial charge is 0.445 e. The van der Waals surface area contributed by atoms with E-state index < -0.39 is 42.3 Å². The van der Waals surface area contributed by atoms with Crippen LogP contribution in [0, 0.1) is 17.8 Å². The smallest absolute Gasteiger partial charge is 0.413 e. The predicted octanol–water partition coefficient (Wildman–Crippen LogP) is 1.36. The van der Waals surface area contributed by atoms with Crippen LogP contribution in [-0.2, 0) is 33.3 Å². The third kappa shape index (κ3) is 3.26. The zero-order valence-corrected chi connectivity index (χ0v) is 15.2. The van der Waals surface area contributed by atoms with Crippen molar-refractivity contribution in [3.63, 3.8) is 0 Å². The van der Waals surface area contributed by atoms with Crippen molar-refractivity contribution in [3.05, 3.63) is 12.7 Å². The maximum Gasteiger partial charge on any atom is 0.413 e. The van der Waals surface area contributed by atoms with Crippen LogP contribution in [0.3, 0.4) is 0 Å². The van der Waals surface area contributed by atoms with E-state index in [1.54, 1.807) is 0 Å². The number of nitrogens with zero attached hydrogens (tertiary/aromatic N) is 1. The van der Waals surface area contributed by atoms with Gasteiger partial charge in [0.05, 0.1) is 5.92 Å². The van der Waals surface area contributed by atoms with Gasteiger partial charge in [0, 0.05) is 12.3 Å². The minimum absolute atomic E-state index is 0.0162. The lowest BCUT2D eigenvalue weighted by atomic mass is 9.89. The highest BCUT2D eigenvalue weighted by Crippen LogP contribution is 2.65. The first kappa shape index (κ1) is 19.2. The third-order valence-corrected chi connectivity index (χ3v) is 5.43. The summed E-state index contributed by atoms with van der Waals surface area (Å²) in [5.74, 6) is -2.45. The molecule has 1 spiro atoms. The van der Waals surface area contributed by atoms with E-state index in [-0.39, 0.29) is 31.6 Å². The van der Waals surface area contributed by atoms with Crippen LogP contribution in [0.1, 0.15) is 32.6 Å². The molecule has 0 radical (unpaired) electrons. The molecule has 0 N–H and O–H groups in total. The van der Waals surface area contributed by atoms with Crippen LogP contribution in [0.4, 0.5) is 4.79 Å². The summed E-state index contributed by atoms with van der Waals surface area (Å²) in [4.78, 5) is 49.7. The van der Waals surface area contributed by atoms with Gasteiger partial charge in [0.1, 0.15) is 6.61 Å². The minimum Gasteiger partial charge on any atom is -0.445 e. The Morgan fingerprint density at radius 3 is 2.81 bits per heavy atom. The summed E-state index contributed by atoms with van der Waals surface area (Å²) in [6.45, 7) is 4.69. The Kier molecular flexibility index (Phi) is 5.38. The molecule has 0 aromatic heterocycles. The number of carbonyl (C=O) groups is 4. The van der Waals surface area contributed by atoms with E-state index >= 15 is 0 Å². The molecule has 3 rings (SSSR count). The first-order chi connectivity index (χ1) is 13.0. The number of carbonyl (C=O) groups excluding carboxylic acids is 4. The van der Waals surface area contributed by atoms with Gasteiger partial charge >= 0.3 is 24.0 Å². The van der Waals surface area contributed by atoms with Gasteiger partial charge in [-0.25, -0.2) is 9.59 Å². The molecular formula is C18H23NO8. The predicted molar refractivity (Wildman–Crippen MR) is 88.7 cm³/mol. The monoisotopic (exact) mass is 381 g/mol. The lowest BCUT2D eigenvalue weighted by Crippen LogP contribution is -2.52. The molecule has 4 atom stereocenters. The number of fused-ring (bicyclic) bond motifs is 2. The molecular weight excluding hydrogens is 358 g/mol. The zero-order chi connectivity index (χ0) is 19.6. The van der Waals surface area contributed by atoms with Crippen molar-refractivity contribution >= 4 is 24.0 Å². The van der Waals surface area contributed by atoms with Crippen molar-refractivity contribution in [3.8, 4) is 0 Å². The van der Waals surface area contributed by atoms with Crippen molar-refractivity contribution in [2.24, 2.45) is 17.8 Å². The van der Waals surface area contributed by atoms with Gasteiger partial charge in [0.25, 0.3) is 0 Å². The summed E-state index contributed by atoms with van der Waals surface area (Å²) >= 11 is 0. The summed E-state index contributed by atoms with van der Waals surface area (Å²) in [5, 5.41) is 0. The fraction of sp³-hybridized carbons (Fsp3) is 0.667. The molecule has 1 saturated heterocycles. The molecule has 1 heterocycles. The topological polar surface area (TPSA) is 108 Å². The van der Waals surface area contributed by atoms with Crippen LogP contribution >= 0.6 is 0 Å². The van der Waals surface area contributed by atoms with E-state index in [9.17, 15) is 19.2 Å². The van der Waals surface area contributed by atoms with E-state index in [0.29, 0.717) is 19.3 Å². The molecule has 9 heteroatoms. The highest BCUT2D eigenvalue weighted by molar-refractivity contribution is 5.92. The second-order valence-corrected chi connectivity index (χ2v) is 6.88. The molecule has 148 valence electrons.